The van der Waals surface area contributed by atoms with Crippen molar-refractivity contribution in [3.8, 4) is 5.69 Å². The summed E-state index contributed by atoms with van der Waals surface area (Å²) in [5, 5.41) is 8.54. The van der Waals surface area contributed by atoms with Gasteiger partial charge in [0, 0.05) is 44.6 Å². The highest BCUT2D eigenvalue weighted by atomic mass is 16.2. The molecule has 4 aromatic rings. The summed E-state index contributed by atoms with van der Waals surface area (Å²) >= 11 is 0. The van der Waals surface area contributed by atoms with Crippen molar-refractivity contribution in [1.82, 2.24) is 34.2 Å². The molecule has 1 atom stereocenters. The fourth-order valence-corrected chi connectivity index (χ4v) is 6.50. The Morgan fingerprint density at radius 1 is 1.08 bits per heavy atom. The molecule has 1 aliphatic carbocycles. The lowest BCUT2D eigenvalue weighted by molar-refractivity contribution is -0.136. The SMILES string of the molecule is Cc1ccn2cc(CC(=O)N3CCC4(CC3)CN(C3CCc5cc(-n6nccn6)ccc53)C4)nc2c1. The fourth-order valence-electron chi connectivity index (χ4n) is 6.50. The molecule has 3 aromatic heterocycles. The third-order valence-corrected chi connectivity index (χ3v) is 8.51. The molecule has 0 radical (unpaired) electrons. The highest BCUT2D eigenvalue weighted by molar-refractivity contribution is 5.78. The van der Waals surface area contributed by atoms with Crippen LogP contribution in [0.4, 0.5) is 0 Å². The predicted molar refractivity (Wildman–Crippen MR) is 136 cm³/mol. The molecular formula is C28H31N7O. The van der Waals surface area contributed by atoms with Gasteiger partial charge in [0.25, 0.3) is 0 Å². The average molecular weight is 482 g/mol. The lowest BCUT2D eigenvalue weighted by Gasteiger charge is -2.56. The Labute approximate surface area is 210 Å². The number of pyridine rings is 1. The molecule has 5 heterocycles. The van der Waals surface area contributed by atoms with E-state index in [4.69, 9.17) is 0 Å². The number of hydrogen-bond donors (Lipinski definition) is 0. The van der Waals surface area contributed by atoms with Gasteiger partial charge in [0.05, 0.1) is 30.2 Å². The smallest absolute Gasteiger partial charge is 0.228 e. The largest absolute Gasteiger partial charge is 0.342 e. The van der Waals surface area contributed by atoms with Crippen molar-refractivity contribution in [3.63, 3.8) is 0 Å². The van der Waals surface area contributed by atoms with Gasteiger partial charge >= 0.3 is 0 Å². The van der Waals surface area contributed by atoms with Crippen molar-refractivity contribution in [1.29, 1.82) is 0 Å². The minimum absolute atomic E-state index is 0.202. The Kier molecular flexibility index (Phi) is 4.99. The van der Waals surface area contributed by atoms with Crippen LogP contribution in [0.2, 0.25) is 0 Å². The molecule has 1 aromatic carbocycles. The van der Waals surface area contributed by atoms with Crippen molar-refractivity contribution < 1.29 is 4.79 Å². The third kappa shape index (κ3) is 3.71. The molecule has 1 unspecified atom stereocenters. The zero-order chi connectivity index (χ0) is 24.3. The molecule has 0 saturated carbocycles. The van der Waals surface area contributed by atoms with Crippen LogP contribution in [0, 0.1) is 12.3 Å². The molecule has 3 aliphatic rings. The monoisotopic (exact) mass is 481 g/mol. The molecule has 7 rings (SSSR count). The summed E-state index contributed by atoms with van der Waals surface area (Å²) in [4.78, 5) is 24.1. The van der Waals surface area contributed by atoms with Crippen LogP contribution in [0.15, 0.2) is 55.1 Å². The number of carbonyl (C=O) groups excluding carboxylic acids is 1. The first-order chi connectivity index (χ1) is 17.6. The van der Waals surface area contributed by atoms with Crippen molar-refractivity contribution >= 4 is 11.6 Å². The molecule has 8 nitrogen and oxygen atoms in total. The second-order valence-electron chi connectivity index (χ2n) is 10.9. The maximum absolute atomic E-state index is 13.0. The number of carbonyl (C=O) groups is 1. The first kappa shape index (κ1) is 21.7. The van der Waals surface area contributed by atoms with Crippen LogP contribution >= 0.6 is 0 Å². The highest BCUT2D eigenvalue weighted by Crippen LogP contribution is 2.47. The Morgan fingerprint density at radius 2 is 1.89 bits per heavy atom. The van der Waals surface area contributed by atoms with E-state index in [1.54, 1.807) is 17.2 Å². The van der Waals surface area contributed by atoms with Gasteiger partial charge in [-0.2, -0.15) is 15.0 Å². The number of benzene rings is 1. The number of hydrogen-bond acceptors (Lipinski definition) is 5. The van der Waals surface area contributed by atoms with Crippen LogP contribution in [0.1, 0.15) is 47.7 Å². The predicted octanol–water partition coefficient (Wildman–Crippen LogP) is 3.38. The second kappa shape index (κ2) is 8.27. The van der Waals surface area contributed by atoms with Crippen LogP contribution in [-0.4, -0.2) is 66.3 Å². The minimum Gasteiger partial charge on any atom is -0.342 e. The standard InChI is InChI=1S/C28H31N7O/c1-20-6-11-33-17-22(31-26(33)14-20)16-27(36)32-12-7-28(8-13-32)18-34(19-28)25-5-2-21-15-23(3-4-24(21)25)35-29-9-10-30-35/h3-4,6,9-11,14-15,17,25H,2,5,7-8,12-13,16,18-19H2,1H3. The zero-order valence-electron chi connectivity index (χ0n) is 20.7. The first-order valence-electron chi connectivity index (χ1n) is 13.0. The van der Waals surface area contributed by atoms with E-state index in [0.29, 0.717) is 17.9 Å². The van der Waals surface area contributed by atoms with E-state index in [2.05, 4.69) is 62.2 Å². The molecule has 2 saturated heterocycles. The van der Waals surface area contributed by atoms with Gasteiger partial charge < -0.3 is 9.30 Å². The number of rotatable bonds is 4. The van der Waals surface area contributed by atoms with E-state index in [1.807, 2.05) is 16.8 Å². The van der Waals surface area contributed by atoms with Crippen LogP contribution in [0.3, 0.4) is 0 Å². The number of likely N-dealkylation sites (tertiary alicyclic amines) is 2. The van der Waals surface area contributed by atoms with E-state index in [1.165, 1.54) is 23.1 Å². The molecule has 8 heteroatoms. The molecule has 1 amide bonds. The van der Waals surface area contributed by atoms with Crippen molar-refractivity contribution in [2.75, 3.05) is 26.2 Å². The van der Waals surface area contributed by atoms with Crippen molar-refractivity contribution in [2.45, 2.75) is 45.1 Å². The molecule has 1 spiro atoms. The molecule has 2 fully saturated rings. The van der Waals surface area contributed by atoms with Gasteiger partial charge in [-0.25, -0.2) is 4.98 Å². The number of piperidine rings is 1. The van der Waals surface area contributed by atoms with Gasteiger partial charge in [0.2, 0.25) is 5.91 Å². The molecule has 36 heavy (non-hydrogen) atoms. The maximum atomic E-state index is 13.0. The van der Waals surface area contributed by atoms with Gasteiger partial charge in [-0.15, -0.1) is 0 Å². The van der Waals surface area contributed by atoms with Crippen molar-refractivity contribution in [3.05, 3.63) is 77.5 Å². The first-order valence-corrected chi connectivity index (χ1v) is 13.0. The number of nitrogens with zero attached hydrogens (tertiary/aromatic N) is 7. The molecule has 184 valence electrons. The van der Waals surface area contributed by atoms with Gasteiger partial charge in [-0.1, -0.05) is 6.07 Å². The van der Waals surface area contributed by atoms with Crippen LogP contribution in [0.5, 0.6) is 0 Å². The summed E-state index contributed by atoms with van der Waals surface area (Å²) in [5.41, 5.74) is 7.25. The van der Waals surface area contributed by atoms with Gasteiger partial charge in [-0.3, -0.25) is 9.69 Å². The van der Waals surface area contributed by atoms with Crippen LogP contribution < -0.4 is 0 Å². The fraction of sp³-hybridized carbons (Fsp3) is 0.429. The van der Waals surface area contributed by atoms with E-state index < -0.39 is 0 Å². The number of aryl methyl sites for hydroxylation is 2. The summed E-state index contributed by atoms with van der Waals surface area (Å²) in [6.07, 6.45) is 12.3. The Bertz CT molecular complexity index is 1420. The quantitative estimate of drug-likeness (QED) is 0.447. The second-order valence-corrected chi connectivity index (χ2v) is 10.9. The van der Waals surface area contributed by atoms with Gasteiger partial charge in [0.1, 0.15) is 5.65 Å². The summed E-state index contributed by atoms with van der Waals surface area (Å²) < 4.78 is 2.00. The number of imidazole rings is 1. The highest BCUT2D eigenvalue weighted by Gasteiger charge is 2.48. The summed E-state index contributed by atoms with van der Waals surface area (Å²) in [6.45, 7) is 6.08. The Balaban J connectivity index is 0.950. The molecule has 2 aliphatic heterocycles. The van der Waals surface area contributed by atoms with Crippen molar-refractivity contribution in [2.24, 2.45) is 5.41 Å². The number of amides is 1. The lowest BCUT2D eigenvalue weighted by Crippen LogP contribution is -2.61. The number of aromatic nitrogens is 5. The van der Waals surface area contributed by atoms with Gasteiger partial charge in [-0.05, 0) is 79.0 Å². The number of fused-ring (bicyclic) bond motifs is 2. The third-order valence-electron chi connectivity index (χ3n) is 8.51. The summed E-state index contributed by atoms with van der Waals surface area (Å²) in [7, 11) is 0. The van der Waals surface area contributed by atoms with E-state index in [9.17, 15) is 4.79 Å². The van der Waals surface area contributed by atoms with Crippen LogP contribution in [-0.2, 0) is 17.6 Å². The summed E-state index contributed by atoms with van der Waals surface area (Å²) in [6, 6.07) is 11.3. The molecule has 0 N–H and O–H groups in total. The Morgan fingerprint density at radius 3 is 2.69 bits per heavy atom. The minimum atomic E-state index is 0.202. The van der Waals surface area contributed by atoms with E-state index in [0.717, 1.165) is 62.5 Å². The molecule has 0 bridgehead atoms. The van der Waals surface area contributed by atoms with Gasteiger partial charge in [0.15, 0.2) is 0 Å². The summed E-state index contributed by atoms with van der Waals surface area (Å²) in [5.74, 6) is 0.202. The van der Waals surface area contributed by atoms with Crippen LogP contribution in [0.25, 0.3) is 11.3 Å². The topological polar surface area (TPSA) is 71.6 Å². The lowest BCUT2D eigenvalue weighted by atomic mass is 9.71. The van der Waals surface area contributed by atoms with E-state index in [-0.39, 0.29) is 5.91 Å². The molecular weight excluding hydrogens is 450 g/mol. The Hall–Kier alpha value is -3.52. The average Bonchev–Trinajstić information content (AvgIpc) is 3.61. The maximum Gasteiger partial charge on any atom is 0.228 e. The normalized spacial score (nSPS) is 21.1. The van der Waals surface area contributed by atoms with E-state index >= 15 is 0 Å². The zero-order valence-corrected chi connectivity index (χ0v) is 20.7.